The molecule has 41 heavy (non-hydrogen) atoms. The molecule has 0 aromatic heterocycles. The summed E-state index contributed by atoms with van der Waals surface area (Å²) >= 11 is 6.18. The Morgan fingerprint density at radius 3 is 2.32 bits per heavy atom. The van der Waals surface area contributed by atoms with Gasteiger partial charge in [-0.3, -0.25) is 13.9 Å². The van der Waals surface area contributed by atoms with Gasteiger partial charge in [-0.05, 0) is 86.0 Å². The van der Waals surface area contributed by atoms with E-state index in [1.165, 1.54) is 48.4 Å². The summed E-state index contributed by atoms with van der Waals surface area (Å²) in [6, 6.07) is 16.6. The van der Waals surface area contributed by atoms with Gasteiger partial charge in [0.1, 0.15) is 24.2 Å². The Hall–Kier alpha value is -3.63. The number of anilines is 1. The highest BCUT2D eigenvalue weighted by Gasteiger charge is 2.33. The first-order valence-electron chi connectivity index (χ1n) is 13.3. The lowest BCUT2D eigenvalue weighted by Gasteiger charge is -2.32. The fourth-order valence-electron chi connectivity index (χ4n) is 4.82. The first-order chi connectivity index (χ1) is 19.6. The summed E-state index contributed by atoms with van der Waals surface area (Å²) in [5.74, 6) is -1.02. The summed E-state index contributed by atoms with van der Waals surface area (Å²) in [6.45, 7) is 1.02. The molecule has 1 aliphatic rings. The van der Waals surface area contributed by atoms with E-state index in [2.05, 4.69) is 5.32 Å². The average molecular weight is 602 g/mol. The van der Waals surface area contributed by atoms with Gasteiger partial charge in [-0.15, -0.1) is 0 Å². The molecule has 2 amide bonds. The van der Waals surface area contributed by atoms with Crippen LogP contribution >= 0.6 is 11.6 Å². The van der Waals surface area contributed by atoms with E-state index >= 15 is 0 Å². The van der Waals surface area contributed by atoms with Crippen LogP contribution in [0.5, 0.6) is 5.75 Å². The van der Waals surface area contributed by atoms with Gasteiger partial charge in [-0.2, -0.15) is 0 Å². The predicted molar refractivity (Wildman–Crippen MR) is 156 cm³/mol. The maximum atomic E-state index is 14.0. The van der Waals surface area contributed by atoms with E-state index < -0.39 is 34.3 Å². The summed E-state index contributed by atoms with van der Waals surface area (Å²) in [6.07, 6.45) is 3.80. The van der Waals surface area contributed by atoms with Gasteiger partial charge in [0.2, 0.25) is 11.8 Å². The molecular weight excluding hydrogens is 569 g/mol. The van der Waals surface area contributed by atoms with Crippen LogP contribution in [0.1, 0.15) is 38.2 Å². The SMILES string of the molecule is COc1ccc(S(=O)(=O)N(CC(=O)N(Cc2cccc(Cl)c2)[C@H](C)C(=O)NC2CCCC2)c2ccc(F)cc2)cc1. The molecule has 1 N–H and O–H groups in total. The molecule has 3 aromatic rings. The number of hydrogen-bond acceptors (Lipinski definition) is 5. The van der Waals surface area contributed by atoms with Gasteiger partial charge in [0.05, 0.1) is 17.7 Å². The molecule has 218 valence electrons. The zero-order chi connectivity index (χ0) is 29.6. The first-order valence-corrected chi connectivity index (χ1v) is 15.2. The normalized spacial score (nSPS) is 14.3. The Morgan fingerprint density at radius 1 is 1.05 bits per heavy atom. The van der Waals surface area contributed by atoms with Crippen LogP contribution in [0.15, 0.2) is 77.7 Å². The molecule has 1 fully saturated rings. The van der Waals surface area contributed by atoms with Crippen molar-refractivity contribution in [2.75, 3.05) is 18.0 Å². The molecule has 1 atom stereocenters. The van der Waals surface area contributed by atoms with Gasteiger partial charge >= 0.3 is 0 Å². The fourth-order valence-corrected chi connectivity index (χ4v) is 6.44. The third kappa shape index (κ3) is 7.56. The highest BCUT2D eigenvalue weighted by Crippen LogP contribution is 2.26. The second kappa shape index (κ2) is 13.4. The molecule has 4 rings (SSSR count). The predicted octanol–water partition coefficient (Wildman–Crippen LogP) is 5.16. The molecule has 3 aromatic carbocycles. The maximum Gasteiger partial charge on any atom is 0.264 e. The summed E-state index contributed by atoms with van der Waals surface area (Å²) in [7, 11) is -2.81. The molecule has 0 spiro atoms. The second-order valence-corrected chi connectivity index (χ2v) is 12.3. The van der Waals surface area contributed by atoms with Crippen molar-refractivity contribution >= 4 is 39.1 Å². The Labute approximate surface area is 245 Å². The topological polar surface area (TPSA) is 96.0 Å². The highest BCUT2D eigenvalue weighted by atomic mass is 35.5. The van der Waals surface area contributed by atoms with Crippen molar-refractivity contribution in [3.8, 4) is 5.75 Å². The lowest BCUT2D eigenvalue weighted by Crippen LogP contribution is -2.52. The van der Waals surface area contributed by atoms with E-state index in [9.17, 15) is 22.4 Å². The number of rotatable bonds is 11. The van der Waals surface area contributed by atoms with Crippen LogP contribution in [-0.4, -0.2) is 50.9 Å². The lowest BCUT2D eigenvalue weighted by molar-refractivity contribution is -0.139. The number of sulfonamides is 1. The van der Waals surface area contributed by atoms with Crippen LogP contribution in [0.3, 0.4) is 0 Å². The van der Waals surface area contributed by atoms with E-state index in [1.807, 2.05) is 0 Å². The highest BCUT2D eigenvalue weighted by molar-refractivity contribution is 7.92. The van der Waals surface area contributed by atoms with Gasteiger partial charge in [-0.25, -0.2) is 12.8 Å². The largest absolute Gasteiger partial charge is 0.497 e. The Bertz CT molecular complexity index is 1460. The van der Waals surface area contributed by atoms with Gasteiger partial charge in [0.25, 0.3) is 10.0 Å². The van der Waals surface area contributed by atoms with Crippen molar-refractivity contribution in [2.24, 2.45) is 0 Å². The number of methoxy groups -OCH3 is 1. The molecule has 11 heteroatoms. The third-order valence-electron chi connectivity index (χ3n) is 7.15. The average Bonchev–Trinajstić information content (AvgIpc) is 3.48. The number of hydrogen-bond donors (Lipinski definition) is 1. The van der Waals surface area contributed by atoms with Gasteiger partial charge in [-0.1, -0.05) is 36.6 Å². The molecule has 1 saturated carbocycles. The number of benzene rings is 3. The first kappa shape index (κ1) is 30.3. The summed E-state index contributed by atoms with van der Waals surface area (Å²) in [4.78, 5) is 28.5. The molecule has 0 aliphatic heterocycles. The number of nitrogens with zero attached hydrogens (tertiary/aromatic N) is 2. The molecule has 0 heterocycles. The summed E-state index contributed by atoms with van der Waals surface area (Å²) in [5.41, 5.74) is 0.777. The van der Waals surface area contributed by atoms with E-state index in [0.717, 1.165) is 42.1 Å². The quantitative estimate of drug-likeness (QED) is 0.328. The van der Waals surface area contributed by atoms with Crippen LogP contribution < -0.4 is 14.4 Å². The fraction of sp³-hybridized carbons (Fsp3) is 0.333. The number of nitrogens with one attached hydrogen (secondary N) is 1. The minimum Gasteiger partial charge on any atom is -0.497 e. The summed E-state index contributed by atoms with van der Waals surface area (Å²) < 4.78 is 47.5. The number of amides is 2. The van der Waals surface area contributed by atoms with Crippen LogP contribution in [0.2, 0.25) is 5.02 Å². The molecule has 0 unspecified atom stereocenters. The standard InChI is InChI=1S/C30H33ClFN3O5S/c1-21(30(37)33-25-8-3-4-9-25)34(19-22-6-5-7-23(31)18-22)29(36)20-35(26-12-10-24(32)11-13-26)41(38,39)28-16-14-27(40-2)15-17-28/h5-7,10-18,21,25H,3-4,8-9,19-20H2,1-2H3,(H,33,37)/t21-/m1/s1. The molecule has 0 radical (unpaired) electrons. The molecule has 1 aliphatic carbocycles. The number of ether oxygens (including phenoxy) is 1. The minimum absolute atomic E-state index is 0.0263. The summed E-state index contributed by atoms with van der Waals surface area (Å²) in [5, 5.41) is 3.49. The Kier molecular flexibility index (Phi) is 9.88. The van der Waals surface area contributed by atoms with Crippen molar-refractivity contribution in [3.05, 3.63) is 89.2 Å². The van der Waals surface area contributed by atoms with Crippen molar-refractivity contribution in [2.45, 2.75) is 56.1 Å². The smallest absolute Gasteiger partial charge is 0.264 e. The van der Waals surface area contributed by atoms with Gasteiger partial charge < -0.3 is 15.0 Å². The van der Waals surface area contributed by atoms with Crippen LogP contribution in [-0.2, 0) is 26.2 Å². The minimum atomic E-state index is -4.28. The molecule has 0 saturated heterocycles. The Balaban J connectivity index is 1.68. The molecule has 8 nitrogen and oxygen atoms in total. The number of carbonyl (C=O) groups is 2. The number of halogens is 2. The van der Waals surface area contributed by atoms with Crippen molar-refractivity contribution in [1.82, 2.24) is 10.2 Å². The van der Waals surface area contributed by atoms with Crippen LogP contribution in [0, 0.1) is 5.82 Å². The van der Waals surface area contributed by atoms with Crippen LogP contribution in [0.25, 0.3) is 0 Å². The lowest BCUT2D eigenvalue weighted by atomic mass is 10.1. The van der Waals surface area contributed by atoms with Crippen molar-refractivity contribution in [1.29, 1.82) is 0 Å². The van der Waals surface area contributed by atoms with E-state index in [0.29, 0.717) is 16.3 Å². The Morgan fingerprint density at radius 2 is 1.71 bits per heavy atom. The van der Waals surface area contributed by atoms with Crippen LogP contribution in [0.4, 0.5) is 10.1 Å². The van der Waals surface area contributed by atoms with E-state index in [-0.39, 0.29) is 29.1 Å². The van der Waals surface area contributed by atoms with Gasteiger partial charge in [0, 0.05) is 17.6 Å². The zero-order valence-electron chi connectivity index (χ0n) is 22.9. The maximum absolute atomic E-state index is 14.0. The van der Waals surface area contributed by atoms with Crippen molar-refractivity contribution in [3.63, 3.8) is 0 Å². The van der Waals surface area contributed by atoms with Gasteiger partial charge in [0.15, 0.2) is 0 Å². The number of carbonyl (C=O) groups excluding carboxylic acids is 2. The molecular formula is C30H33ClFN3O5S. The monoisotopic (exact) mass is 601 g/mol. The van der Waals surface area contributed by atoms with Crippen molar-refractivity contribution < 1.29 is 27.1 Å². The van der Waals surface area contributed by atoms with E-state index in [4.69, 9.17) is 16.3 Å². The second-order valence-electron chi connectivity index (χ2n) is 9.98. The van der Waals surface area contributed by atoms with E-state index in [1.54, 1.807) is 31.2 Å². The molecule has 0 bridgehead atoms. The zero-order valence-corrected chi connectivity index (χ0v) is 24.5. The third-order valence-corrected chi connectivity index (χ3v) is 9.17.